The number of ether oxygens (including phenoxy) is 1. The molecule has 3 heterocycles. The van der Waals surface area contributed by atoms with E-state index in [-0.39, 0.29) is 5.91 Å². The molecule has 1 aliphatic rings. The molecule has 27 heavy (non-hydrogen) atoms. The molecule has 0 N–H and O–H groups in total. The number of carbonyl (C=O) groups excluding carboxylic acids is 1. The first-order valence-corrected chi connectivity index (χ1v) is 8.88. The molecular weight excluding hydrogens is 342 g/mol. The van der Waals surface area contributed by atoms with E-state index in [9.17, 15) is 4.79 Å². The zero-order valence-electron chi connectivity index (χ0n) is 15.2. The minimum absolute atomic E-state index is 0.0263. The van der Waals surface area contributed by atoms with Gasteiger partial charge in [0, 0.05) is 50.3 Å². The normalized spacial score (nSPS) is 14.3. The van der Waals surface area contributed by atoms with E-state index in [0.717, 1.165) is 24.5 Å². The number of amides is 1. The van der Waals surface area contributed by atoms with Crippen LogP contribution in [0.4, 0.5) is 5.69 Å². The molecule has 0 saturated carbocycles. The molecule has 0 aliphatic carbocycles. The minimum atomic E-state index is 0.0263. The molecule has 0 radical (unpaired) electrons. The predicted molar refractivity (Wildman–Crippen MR) is 102 cm³/mol. The van der Waals surface area contributed by atoms with Crippen LogP contribution < -0.4 is 9.64 Å². The summed E-state index contributed by atoms with van der Waals surface area (Å²) in [6.07, 6.45) is 6.83. The van der Waals surface area contributed by atoms with E-state index >= 15 is 0 Å². The van der Waals surface area contributed by atoms with E-state index in [0.29, 0.717) is 24.5 Å². The van der Waals surface area contributed by atoms with Gasteiger partial charge in [-0.3, -0.25) is 9.36 Å². The first-order chi connectivity index (χ1) is 13.3. The van der Waals surface area contributed by atoms with Crippen LogP contribution in [-0.2, 0) is 0 Å². The molecule has 7 nitrogen and oxygen atoms in total. The number of anilines is 1. The largest absolute Gasteiger partial charge is 0.495 e. The lowest BCUT2D eigenvalue weighted by Crippen LogP contribution is -2.48. The third-order valence-corrected chi connectivity index (χ3v) is 4.75. The number of pyridine rings is 1. The van der Waals surface area contributed by atoms with Gasteiger partial charge in [0.05, 0.1) is 12.8 Å². The Morgan fingerprint density at radius 2 is 1.89 bits per heavy atom. The molecule has 1 fully saturated rings. The van der Waals surface area contributed by atoms with Crippen LogP contribution >= 0.6 is 0 Å². The lowest BCUT2D eigenvalue weighted by Gasteiger charge is -2.36. The third kappa shape index (κ3) is 3.48. The summed E-state index contributed by atoms with van der Waals surface area (Å²) in [5, 5.41) is 0. The summed E-state index contributed by atoms with van der Waals surface area (Å²) in [7, 11) is 1.68. The van der Waals surface area contributed by atoms with Crippen LogP contribution in [0.2, 0.25) is 0 Å². The fourth-order valence-corrected chi connectivity index (χ4v) is 3.31. The monoisotopic (exact) mass is 363 g/mol. The van der Waals surface area contributed by atoms with Crippen molar-refractivity contribution in [2.75, 3.05) is 38.2 Å². The highest BCUT2D eigenvalue weighted by molar-refractivity contribution is 5.94. The fourth-order valence-electron chi connectivity index (χ4n) is 3.31. The van der Waals surface area contributed by atoms with Gasteiger partial charge in [0.2, 0.25) is 0 Å². The van der Waals surface area contributed by atoms with E-state index in [1.807, 2.05) is 29.3 Å². The van der Waals surface area contributed by atoms with Crippen molar-refractivity contribution in [3.63, 3.8) is 0 Å². The van der Waals surface area contributed by atoms with Gasteiger partial charge in [0.25, 0.3) is 5.91 Å². The standard InChI is InChI=1S/C20H21N5O2/c1-27-18-5-3-2-4-17(18)23-10-12-24(13-11-23)20(26)16-6-7-22-19(14-16)25-9-8-21-15-25/h2-9,14-15H,10-13H2,1H3. The number of benzene rings is 1. The summed E-state index contributed by atoms with van der Waals surface area (Å²) >= 11 is 0. The molecule has 1 aromatic carbocycles. The fraction of sp³-hybridized carbons (Fsp3) is 0.250. The van der Waals surface area contributed by atoms with Crippen LogP contribution in [0, 0.1) is 0 Å². The molecule has 0 spiro atoms. The lowest BCUT2D eigenvalue weighted by atomic mass is 10.2. The van der Waals surface area contributed by atoms with Crippen molar-refractivity contribution in [3.05, 3.63) is 66.9 Å². The second kappa shape index (κ2) is 7.49. The first kappa shape index (κ1) is 17.1. The summed E-state index contributed by atoms with van der Waals surface area (Å²) < 4.78 is 7.24. The van der Waals surface area contributed by atoms with E-state index in [2.05, 4.69) is 20.9 Å². The van der Waals surface area contributed by atoms with Gasteiger partial charge in [0.15, 0.2) is 0 Å². The maximum Gasteiger partial charge on any atom is 0.254 e. The van der Waals surface area contributed by atoms with Gasteiger partial charge >= 0.3 is 0 Å². The zero-order chi connectivity index (χ0) is 18.6. The van der Waals surface area contributed by atoms with Gasteiger partial charge in [-0.2, -0.15) is 0 Å². The molecule has 7 heteroatoms. The Kier molecular flexibility index (Phi) is 4.74. The topological polar surface area (TPSA) is 63.5 Å². The molecule has 1 aliphatic heterocycles. The summed E-state index contributed by atoms with van der Waals surface area (Å²) in [4.78, 5) is 25.4. The van der Waals surface area contributed by atoms with Crippen molar-refractivity contribution < 1.29 is 9.53 Å². The second-order valence-electron chi connectivity index (χ2n) is 6.32. The van der Waals surface area contributed by atoms with Gasteiger partial charge in [-0.25, -0.2) is 9.97 Å². The predicted octanol–water partition coefficient (Wildman–Crippen LogP) is 2.24. The van der Waals surface area contributed by atoms with Gasteiger partial charge in [-0.15, -0.1) is 0 Å². The number of rotatable bonds is 4. The highest BCUT2D eigenvalue weighted by atomic mass is 16.5. The number of para-hydroxylation sites is 2. The SMILES string of the molecule is COc1ccccc1N1CCN(C(=O)c2ccnc(-n3ccnc3)c2)CC1. The number of hydrogen-bond acceptors (Lipinski definition) is 5. The molecule has 0 atom stereocenters. The molecule has 4 rings (SSSR count). The maximum atomic E-state index is 12.9. The molecule has 1 saturated heterocycles. The number of methoxy groups -OCH3 is 1. The molecule has 2 aromatic heterocycles. The van der Waals surface area contributed by atoms with Crippen LogP contribution in [0.5, 0.6) is 5.75 Å². The summed E-state index contributed by atoms with van der Waals surface area (Å²) in [5.74, 6) is 1.57. The van der Waals surface area contributed by atoms with Crippen molar-refractivity contribution >= 4 is 11.6 Å². The molecule has 1 amide bonds. The Morgan fingerprint density at radius 1 is 1.07 bits per heavy atom. The summed E-state index contributed by atoms with van der Waals surface area (Å²) in [6, 6.07) is 11.5. The van der Waals surface area contributed by atoms with Gasteiger partial charge < -0.3 is 14.5 Å². The highest BCUT2D eigenvalue weighted by Gasteiger charge is 2.24. The second-order valence-corrected chi connectivity index (χ2v) is 6.32. The Bertz CT molecular complexity index is 918. The Balaban J connectivity index is 1.45. The highest BCUT2D eigenvalue weighted by Crippen LogP contribution is 2.28. The number of imidazole rings is 1. The molecule has 0 unspecified atom stereocenters. The van der Waals surface area contributed by atoms with Crippen LogP contribution in [0.25, 0.3) is 5.82 Å². The quantitative estimate of drug-likeness (QED) is 0.711. The number of nitrogens with zero attached hydrogens (tertiary/aromatic N) is 5. The third-order valence-electron chi connectivity index (χ3n) is 4.75. The zero-order valence-corrected chi connectivity index (χ0v) is 15.2. The van der Waals surface area contributed by atoms with E-state index < -0.39 is 0 Å². The number of carbonyl (C=O) groups is 1. The van der Waals surface area contributed by atoms with Gasteiger partial charge in [-0.05, 0) is 24.3 Å². The average Bonchev–Trinajstić information content (AvgIpc) is 3.28. The van der Waals surface area contributed by atoms with Crippen molar-refractivity contribution in [1.29, 1.82) is 0 Å². The van der Waals surface area contributed by atoms with Crippen molar-refractivity contribution in [2.45, 2.75) is 0 Å². The van der Waals surface area contributed by atoms with Crippen LogP contribution in [0.1, 0.15) is 10.4 Å². The molecule has 0 bridgehead atoms. The molecule has 138 valence electrons. The molecular formula is C20H21N5O2. The summed E-state index contributed by atoms with van der Waals surface area (Å²) in [6.45, 7) is 2.87. The van der Waals surface area contributed by atoms with E-state index in [1.54, 1.807) is 42.5 Å². The Labute approximate surface area is 157 Å². The minimum Gasteiger partial charge on any atom is -0.495 e. The van der Waals surface area contributed by atoms with Crippen molar-refractivity contribution in [2.24, 2.45) is 0 Å². The average molecular weight is 363 g/mol. The maximum absolute atomic E-state index is 12.9. The first-order valence-electron chi connectivity index (χ1n) is 8.88. The van der Waals surface area contributed by atoms with E-state index in [1.165, 1.54) is 0 Å². The Hall–Kier alpha value is -3.35. The Morgan fingerprint density at radius 3 is 2.63 bits per heavy atom. The van der Waals surface area contributed by atoms with E-state index in [4.69, 9.17) is 4.74 Å². The van der Waals surface area contributed by atoms with Crippen molar-refractivity contribution in [3.8, 4) is 11.6 Å². The number of piperazine rings is 1. The molecule has 3 aromatic rings. The van der Waals surface area contributed by atoms with Crippen LogP contribution in [-0.4, -0.2) is 58.6 Å². The van der Waals surface area contributed by atoms with Crippen molar-refractivity contribution in [1.82, 2.24) is 19.4 Å². The number of aromatic nitrogens is 3. The lowest BCUT2D eigenvalue weighted by molar-refractivity contribution is 0.0746. The van der Waals surface area contributed by atoms with Crippen LogP contribution in [0.15, 0.2) is 61.3 Å². The number of hydrogen-bond donors (Lipinski definition) is 0. The van der Waals surface area contributed by atoms with Crippen LogP contribution in [0.3, 0.4) is 0 Å². The summed E-state index contributed by atoms with van der Waals surface area (Å²) in [5.41, 5.74) is 1.71. The smallest absolute Gasteiger partial charge is 0.254 e. The van der Waals surface area contributed by atoms with Gasteiger partial charge in [-0.1, -0.05) is 12.1 Å². The van der Waals surface area contributed by atoms with Gasteiger partial charge in [0.1, 0.15) is 17.9 Å².